The van der Waals surface area contributed by atoms with Crippen LogP contribution in [-0.4, -0.2) is 25.8 Å². The van der Waals surface area contributed by atoms with Gasteiger partial charge in [-0.05, 0) is 29.8 Å². The molecule has 0 spiro atoms. The van der Waals surface area contributed by atoms with Crippen molar-refractivity contribution >= 4 is 34.1 Å². The molecule has 2 N–H and O–H groups in total. The third kappa shape index (κ3) is 2.76. The van der Waals surface area contributed by atoms with Crippen LogP contribution in [0.25, 0.3) is 22.1 Å². The first-order chi connectivity index (χ1) is 12.3. The Balaban J connectivity index is 1.70. The molecule has 0 saturated carbocycles. The third-order valence-corrected chi connectivity index (χ3v) is 4.04. The molecule has 9 heteroatoms. The third-order valence-electron chi connectivity index (χ3n) is 4.04. The summed E-state index contributed by atoms with van der Waals surface area (Å²) >= 11 is 0. The number of aryl methyl sites for hydroxylation is 1. The summed E-state index contributed by atoms with van der Waals surface area (Å²) in [6, 6.07) is 11.4. The van der Waals surface area contributed by atoms with Gasteiger partial charge >= 0.3 is 12.2 Å². The van der Waals surface area contributed by atoms with Crippen molar-refractivity contribution < 1.29 is 22.7 Å². The predicted molar refractivity (Wildman–Crippen MR) is 89.0 cm³/mol. The van der Waals surface area contributed by atoms with E-state index in [9.17, 15) is 18.3 Å². The van der Waals surface area contributed by atoms with E-state index in [-0.39, 0.29) is 11.6 Å². The minimum absolute atomic E-state index is 0.222. The molecule has 0 saturated heterocycles. The Labute approximate surface area is 144 Å². The normalized spacial score (nSPS) is 13.4. The fraction of sp³-hybridized carbons (Fsp3) is 0.176. The first-order valence-corrected chi connectivity index (χ1v) is 7.66. The van der Waals surface area contributed by atoms with Gasteiger partial charge in [-0.1, -0.05) is 18.2 Å². The van der Waals surface area contributed by atoms with Gasteiger partial charge in [-0.3, -0.25) is 5.32 Å². The quantitative estimate of drug-likeness (QED) is 0.575. The van der Waals surface area contributed by atoms with E-state index in [0.717, 1.165) is 0 Å². The van der Waals surface area contributed by atoms with E-state index in [1.165, 1.54) is 18.2 Å². The molecule has 0 bridgehead atoms. The molecule has 0 radical (unpaired) electrons. The number of aliphatic hydroxyl groups is 1. The van der Waals surface area contributed by atoms with Gasteiger partial charge in [-0.25, -0.2) is 4.98 Å². The Bertz CT molecular complexity index is 1070. The van der Waals surface area contributed by atoms with Crippen molar-refractivity contribution in [3.05, 3.63) is 48.0 Å². The summed E-state index contributed by atoms with van der Waals surface area (Å²) in [5.41, 5.74) is 1.92. The number of nitrogens with one attached hydrogen (secondary N) is 1. The SMILES string of the molecule is Cn1c(Nc2nc3ccccc3o2)nc2cc(C(O)C(F)(F)F)ccc21. The maximum atomic E-state index is 12.7. The van der Waals surface area contributed by atoms with E-state index in [1.54, 1.807) is 23.7 Å². The standard InChI is InChI=1S/C17H13F3N4O2/c1-24-12-7-6-9(14(25)17(18,19)20)8-11(12)21-15(24)23-16-22-10-4-2-3-5-13(10)26-16/h2-8,14,25H,1H3,(H,21,22,23). The summed E-state index contributed by atoms with van der Waals surface area (Å²) in [6.45, 7) is 0. The number of oxazole rings is 1. The van der Waals surface area contributed by atoms with Crippen LogP contribution in [0, 0.1) is 0 Å². The maximum absolute atomic E-state index is 12.7. The average molecular weight is 362 g/mol. The fourth-order valence-electron chi connectivity index (χ4n) is 2.71. The molecule has 26 heavy (non-hydrogen) atoms. The number of anilines is 2. The number of imidazole rings is 1. The van der Waals surface area contributed by atoms with Crippen molar-refractivity contribution in [2.45, 2.75) is 12.3 Å². The minimum Gasteiger partial charge on any atom is -0.423 e. The molecule has 2 aromatic carbocycles. The van der Waals surface area contributed by atoms with Gasteiger partial charge in [0, 0.05) is 7.05 Å². The average Bonchev–Trinajstić information content (AvgIpc) is 3.14. The van der Waals surface area contributed by atoms with Crippen molar-refractivity contribution in [2.24, 2.45) is 7.05 Å². The van der Waals surface area contributed by atoms with Crippen LogP contribution >= 0.6 is 0 Å². The number of aromatic nitrogens is 3. The van der Waals surface area contributed by atoms with Crippen molar-refractivity contribution in [3.63, 3.8) is 0 Å². The molecular weight excluding hydrogens is 349 g/mol. The van der Waals surface area contributed by atoms with Gasteiger partial charge in [0.25, 0.3) is 0 Å². The zero-order valence-electron chi connectivity index (χ0n) is 13.4. The maximum Gasteiger partial charge on any atom is 0.418 e. The van der Waals surface area contributed by atoms with E-state index in [4.69, 9.17) is 4.42 Å². The minimum atomic E-state index is -4.73. The van der Waals surface area contributed by atoms with Crippen LogP contribution in [0.5, 0.6) is 0 Å². The molecule has 134 valence electrons. The largest absolute Gasteiger partial charge is 0.423 e. The van der Waals surface area contributed by atoms with Crippen molar-refractivity contribution in [1.29, 1.82) is 0 Å². The first kappa shape index (κ1) is 16.4. The molecule has 0 aliphatic heterocycles. The van der Waals surface area contributed by atoms with E-state index in [0.29, 0.717) is 28.1 Å². The van der Waals surface area contributed by atoms with Gasteiger partial charge < -0.3 is 14.1 Å². The highest BCUT2D eigenvalue weighted by atomic mass is 19.4. The molecule has 1 atom stereocenters. The van der Waals surface area contributed by atoms with Crippen LogP contribution in [0.1, 0.15) is 11.7 Å². The lowest BCUT2D eigenvalue weighted by molar-refractivity contribution is -0.206. The van der Waals surface area contributed by atoms with E-state index in [1.807, 2.05) is 12.1 Å². The van der Waals surface area contributed by atoms with Crippen LogP contribution in [0.4, 0.5) is 25.1 Å². The van der Waals surface area contributed by atoms with E-state index < -0.39 is 12.3 Å². The zero-order chi connectivity index (χ0) is 18.5. The van der Waals surface area contributed by atoms with Gasteiger partial charge in [0.05, 0.1) is 11.0 Å². The van der Waals surface area contributed by atoms with E-state index >= 15 is 0 Å². The van der Waals surface area contributed by atoms with E-state index in [2.05, 4.69) is 15.3 Å². The van der Waals surface area contributed by atoms with Crippen molar-refractivity contribution in [1.82, 2.24) is 14.5 Å². The Morgan fingerprint density at radius 2 is 1.88 bits per heavy atom. The predicted octanol–water partition coefficient (Wildman–Crippen LogP) is 4.05. The molecule has 6 nitrogen and oxygen atoms in total. The number of hydrogen-bond acceptors (Lipinski definition) is 5. The Kier molecular flexibility index (Phi) is 3.62. The monoisotopic (exact) mass is 362 g/mol. The molecule has 4 aromatic rings. The number of alkyl halides is 3. The Hall–Kier alpha value is -3.07. The molecule has 4 rings (SSSR count). The number of rotatable bonds is 3. The number of nitrogens with zero attached hydrogens (tertiary/aromatic N) is 3. The highest BCUT2D eigenvalue weighted by molar-refractivity contribution is 5.80. The van der Waals surface area contributed by atoms with Crippen LogP contribution in [-0.2, 0) is 7.05 Å². The molecule has 0 aliphatic rings. The summed E-state index contributed by atoms with van der Waals surface area (Å²) in [7, 11) is 1.71. The van der Waals surface area contributed by atoms with Gasteiger partial charge in [0.1, 0.15) is 5.52 Å². The second kappa shape index (κ2) is 5.73. The van der Waals surface area contributed by atoms with Gasteiger partial charge in [0.15, 0.2) is 11.7 Å². The number of benzene rings is 2. The summed E-state index contributed by atoms with van der Waals surface area (Å²) in [5, 5.41) is 12.3. The molecule has 1 unspecified atom stereocenters. The molecule has 0 fully saturated rings. The zero-order valence-corrected chi connectivity index (χ0v) is 13.4. The van der Waals surface area contributed by atoms with Crippen LogP contribution in [0.3, 0.4) is 0 Å². The van der Waals surface area contributed by atoms with Crippen LogP contribution in [0.2, 0.25) is 0 Å². The molecule has 0 amide bonds. The number of halogens is 3. The first-order valence-electron chi connectivity index (χ1n) is 7.66. The smallest absolute Gasteiger partial charge is 0.418 e. The summed E-state index contributed by atoms with van der Waals surface area (Å²) in [5.74, 6) is 0.352. The number of hydrogen-bond donors (Lipinski definition) is 2. The molecular formula is C17H13F3N4O2. The summed E-state index contributed by atoms with van der Waals surface area (Å²) < 4.78 is 45.3. The summed E-state index contributed by atoms with van der Waals surface area (Å²) in [6.07, 6.45) is -7.29. The molecule has 2 heterocycles. The van der Waals surface area contributed by atoms with Crippen LogP contribution in [0.15, 0.2) is 46.9 Å². The number of para-hydroxylation sites is 2. The topological polar surface area (TPSA) is 76.1 Å². The highest BCUT2D eigenvalue weighted by Crippen LogP contribution is 2.34. The molecule has 2 aromatic heterocycles. The molecule has 0 aliphatic carbocycles. The lowest BCUT2D eigenvalue weighted by Crippen LogP contribution is -2.20. The van der Waals surface area contributed by atoms with Gasteiger partial charge in [-0.2, -0.15) is 18.2 Å². The fourth-order valence-corrected chi connectivity index (χ4v) is 2.71. The van der Waals surface area contributed by atoms with Crippen LogP contribution < -0.4 is 5.32 Å². The number of aliphatic hydroxyl groups excluding tert-OH is 1. The highest BCUT2D eigenvalue weighted by Gasteiger charge is 2.39. The van der Waals surface area contributed by atoms with Crippen molar-refractivity contribution in [3.8, 4) is 0 Å². The van der Waals surface area contributed by atoms with Gasteiger partial charge in [0.2, 0.25) is 5.95 Å². The lowest BCUT2D eigenvalue weighted by Gasteiger charge is -2.14. The second-order valence-corrected chi connectivity index (χ2v) is 5.80. The van der Waals surface area contributed by atoms with Gasteiger partial charge in [-0.15, -0.1) is 0 Å². The number of fused-ring (bicyclic) bond motifs is 2. The Morgan fingerprint density at radius 3 is 2.62 bits per heavy atom. The summed E-state index contributed by atoms with van der Waals surface area (Å²) in [4.78, 5) is 8.55. The Morgan fingerprint density at radius 1 is 1.12 bits per heavy atom. The second-order valence-electron chi connectivity index (χ2n) is 5.80. The van der Waals surface area contributed by atoms with Crippen molar-refractivity contribution in [2.75, 3.05) is 5.32 Å². The lowest BCUT2D eigenvalue weighted by atomic mass is 10.1.